The number of rotatable bonds is 4. The highest BCUT2D eigenvalue weighted by atomic mass is 32.2. The van der Waals surface area contributed by atoms with Crippen molar-refractivity contribution in [2.75, 3.05) is 4.90 Å². The summed E-state index contributed by atoms with van der Waals surface area (Å²) in [6.45, 7) is 3.51. The first-order valence-corrected chi connectivity index (χ1v) is 10.2. The van der Waals surface area contributed by atoms with E-state index in [4.69, 9.17) is 0 Å². The molecule has 9 heteroatoms. The normalized spacial score (nSPS) is 16.4. The number of nitrogens with zero attached hydrogens (tertiary/aromatic N) is 3. The third kappa shape index (κ3) is 3.97. The molecule has 0 N–H and O–H groups in total. The van der Waals surface area contributed by atoms with Gasteiger partial charge in [0.05, 0.1) is 11.2 Å². The Labute approximate surface area is 180 Å². The van der Waals surface area contributed by atoms with Gasteiger partial charge in [-0.15, -0.1) is 0 Å². The van der Waals surface area contributed by atoms with Gasteiger partial charge in [0.15, 0.2) is 0 Å². The van der Waals surface area contributed by atoms with Crippen LogP contribution in [0.2, 0.25) is 0 Å². The molecule has 1 saturated heterocycles. The van der Waals surface area contributed by atoms with E-state index >= 15 is 0 Å². The average Bonchev–Trinajstić information content (AvgIpc) is 2.87. The number of carbonyl (C=O) groups excluding carboxylic acids is 2. The monoisotopic (exact) mass is 445 g/mol. The van der Waals surface area contributed by atoms with Crippen molar-refractivity contribution in [3.05, 3.63) is 66.4 Å². The van der Waals surface area contributed by atoms with E-state index in [1.54, 1.807) is 20.0 Å². The molecule has 0 aliphatic carbocycles. The molecule has 4 rings (SSSR count). The summed E-state index contributed by atoms with van der Waals surface area (Å²) in [7, 11) is 0. The van der Waals surface area contributed by atoms with Crippen LogP contribution in [0.3, 0.4) is 0 Å². The van der Waals surface area contributed by atoms with Crippen LogP contribution in [-0.2, 0) is 11.3 Å². The number of hydrogen-bond donors (Lipinski definition) is 0. The number of hydrogen-bond acceptors (Lipinski definition) is 4. The number of halogens is 3. The van der Waals surface area contributed by atoms with E-state index in [0.717, 1.165) is 21.4 Å². The van der Waals surface area contributed by atoms with Crippen molar-refractivity contribution >= 4 is 40.3 Å². The number of alkyl halides is 3. The summed E-state index contributed by atoms with van der Waals surface area (Å²) >= 11 is -0.248. The third-order valence-electron chi connectivity index (χ3n) is 5.22. The van der Waals surface area contributed by atoms with E-state index < -0.39 is 23.0 Å². The predicted molar refractivity (Wildman–Crippen MR) is 113 cm³/mol. The maximum atomic E-state index is 13.2. The molecule has 1 fully saturated rings. The van der Waals surface area contributed by atoms with E-state index in [1.165, 1.54) is 29.2 Å². The highest BCUT2D eigenvalue weighted by Gasteiger charge is 2.51. The highest BCUT2D eigenvalue weighted by molar-refractivity contribution is 8.00. The number of benzene rings is 2. The number of aromatic nitrogens is 1. The standard InChI is InChI=1S/C22H18F3N3O2S/c1-21(2)19(29)28(15-7-9-16(10-8-15)31-22(23,24)25)20(30)27(21)13-14-11-12-26-18-6-4-3-5-17(14)18/h3-12H,13H2,1-2H3. The van der Waals surface area contributed by atoms with Crippen LogP contribution >= 0.6 is 11.8 Å². The number of thioether (sulfide) groups is 1. The van der Waals surface area contributed by atoms with Crippen LogP contribution in [-0.4, -0.2) is 32.9 Å². The lowest BCUT2D eigenvalue weighted by atomic mass is 10.0. The minimum Gasteiger partial charge on any atom is -0.305 e. The van der Waals surface area contributed by atoms with E-state index in [1.807, 2.05) is 30.3 Å². The molecular weight excluding hydrogens is 427 g/mol. The van der Waals surface area contributed by atoms with Crippen molar-refractivity contribution in [1.29, 1.82) is 0 Å². The minimum atomic E-state index is -4.41. The van der Waals surface area contributed by atoms with Gasteiger partial charge < -0.3 is 4.90 Å². The Hall–Kier alpha value is -3.07. The molecule has 0 bridgehead atoms. The fraction of sp³-hybridized carbons (Fsp3) is 0.227. The van der Waals surface area contributed by atoms with Crippen molar-refractivity contribution in [1.82, 2.24) is 9.88 Å². The minimum absolute atomic E-state index is 0.0188. The predicted octanol–water partition coefficient (Wildman–Crippen LogP) is 5.59. The number of urea groups is 1. The topological polar surface area (TPSA) is 53.5 Å². The van der Waals surface area contributed by atoms with Crippen LogP contribution in [0, 0.1) is 0 Å². The van der Waals surface area contributed by atoms with Gasteiger partial charge in [0, 0.05) is 23.0 Å². The Kier molecular flexibility index (Phi) is 5.17. The zero-order chi connectivity index (χ0) is 22.4. The molecule has 0 atom stereocenters. The average molecular weight is 445 g/mol. The zero-order valence-electron chi connectivity index (χ0n) is 16.7. The molecule has 31 heavy (non-hydrogen) atoms. The van der Waals surface area contributed by atoms with Crippen molar-refractivity contribution in [3.63, 3.8) is 0 Å². The second kappa shape index (κ2) is 7.56. The van der Waals surface area contributed by atoms with Crippen molar-refractivity contribution in [2.24, 2.45) is 0 Å². The molecule has 5 nitrogen and oxygen atoms in total. The summed E-state index contributed by atoms with van der Waals surface area (Å²) in [6.07, 6.45) is 1.65. The van der Waals surface area contributed by atoms with Gasteiger partial charge in [-0.1, -0.05) is 18.2 Å². The molecule has 0 radical (unpaired) electrons. The van der Waals surface area contributed by atoms with Gasteiger partial charge in [-0.3, -0.25) is 9.78 Å². The van der Waals surface area contributed by atoms with Crippen LogP contribution in [0.15, 0.2) is 65.7 Å². The Balaban J connectivity index is 1.64. The Morgan fingerprint density at radius 2 is 1.68 bits per heavy atom. The number of anilines is 1. The largest absolute Gasteiger partial charge is 0.446 e. The van der Waals surface area contributed by atoms with Gasteiger partial charge in [-0.25, -0.2) is 9.69 Å². The summed E-state index contributed by atoms with van der Waals surface area (Å²) < 4.78 is 37.7. The van der Waals surface area contributed by atoms with E-state index in [-0.39, 0.29) is 28.9 Å². The van der Waals surface area contributed by atoms with Gasteiger partial charge in [0.2, 0.25) is 0 Å². The van der Waals surface area contributed by atoms with Crippen LogP contribution < -0.4 is 4.90 Å². The lowest BCUT2D eigenvalue weighted by Gasteiger charge is -2.28. The molecule has 0 saturated carbocycles. The quantitative estimate of drug-likeness (QED) is 0.388. The maximum absolute atomic E-state index is 13.2. The first-order chi connectivity index (χ1) is 14.6. The summed E-state index contributed by atoms with van der Waals surface area (Å²) in [5, 5.41) is 0.882. The Morgan fingerprint density at radius 3 is 2.35 bits per heavy atom. The van der Waals surface area contributed by atoms with E-state index in [9.17, 15) is 22.8 Å². The van der Waals surface area contributed by atoms with Crippen LogP contribution in [0.1, 0.15) is 19.4 Å². The number of carbonyl (C=O) groups is 2. The molecule has 2 heterocycles. The van der Waals surface area contributed by atoms with Crippen LogP contribution in [0.4, 0.5) is 23.7 Å². The number of fused-ring (bicyclic) bond motifs is 1. The van der Waals surface area contributed by atoms with Crippen molar-refractivity contribution in [3.8, 4) is 0 Å². The second-order valence-corrected chi connectivity index (χ2v) is 8.74. The molecular formula is C22H18F3N3O2S. The molecule has 1 aromatic heterocycles. The molecule has 2 aromatic carbocycles. The smallest absolute Gasteiger partial charge is 0.305 e. The summed E-state index contributed by atoms with van der Waals surface area (Å²) in [4.78, 5) is 33.1. The fourth-order valence-corrected chi connectivity index (χ4v) is 4.13. The van der Waals surface area contributed by atoms with Crippen LogP contribution in [0.25, 0.3) is 10.9 Å². The van der Waals surface area contributed by atoms with Gasteiger partial charge >= 0.3 is 11.5 Å². The first kappa shape index (κ1) is 21.2. The zero-order valence-corrected chi connectivity index (χ0v) is 17.5. The number of pyridine rings is 1. The summed E-state index contributed by atoms with van der Waals surface area (Å²) in [5.74, 6) is -0.438. The van der Waals surface area contributed by atoms with Crippen LogP contribution in [0.5, 0.6) is 0 Å². The number of para-hydroxylation sites is 1. The lowest BCUT2D eigenvalue weighted by Crippen LogP contribution is -2.43. The SMILES string of the molecule is CC1(C)C(=O)N(c2ccc(SC(F)(F)F)cc2)C(=O)N1Cc1ccnc2ccccc12. The molecule has 160 valence electrons. The van der Waals surface area contributed by atoms with Gasteiger partial charge in [-0.05, 0) is 67.6 Å². The lowest BCUT2D eigenvalue weighted by molar-refractivity contribution is -0.123. The molecule has 3 aromatic rings. The van der Waals surface area contributed by atoms with E-state index in [2.05, 4.69) is 4.98 Å². The molecule has 1 aliphatic rings. The van der Waals surface area contributed by atoms with Gasteiger partial charge in [0.1, 0.15) is 5.54 Å². The van der Waals surface area contributed by atoms with Gasteiger partial charge in [0.25, 0.3) is 5.91 Å². The first-order valence-electron chi connectivity index (χ1n) is 9.42. The second-order valence-electron chi connectivity index (χ2n) is 7.60. The summed E-state index contributed by atoms with van der Waals surface area (Å²) in [5.41, 5.74) is -3.67. The molecule has 0 unspecified atom stereocenters. The Morgan fingerprint density at radius 1 is 1.00 bits per heavy atom. The number of imide groups is 1. The van der Waals surface area contributed by atoms with Crippen molar-refractivity contribution < 1.29 is 22.8 Å². The van der Waals surface area contributed by atoms with Crippen molar-refractivity contribution in [2.45, 2.75) is 36.3 Å². The molecule has 1 aliphatic heterocycles. The number of amides is 3. The molecule has 3 amide bonds. The Bertz CT molecular complexity index is 1160. The fourth-order valence-electron chi connectivity index (χ4n) is 3.59. The maximum Gasteiger partial charge on any atom is 0.446 e. The highest BCUT2D eigenvalue weighted by Crippen LogP contribution is 2.39. The van der Waals surface area contributed by atoms with E-state index in [0.29, 0.717) is 0 Å². The summed E-state index contributed by atoms with van der Waals surface area (Å²) in [6, 6.07) is 14.0. The molecule has 0 spiro atoms. The third-order valence-corrected chi connectivity index (χ3v) is 5.96. The van der Waals surface area contributed by atoms with Gasteiger partial charge in [-0.2, -0.15) is 13.2 Å².